The lowest BCUT2D eigenvalue weighted by Crippen LogP contribution is -2.44. The lowest BCUT2D eigenvalue weighted by molar-refractivity contribution is -0.149. The van der Waals surface area contributed by atoms with Crippen molar-refractivity contribution in [3.05, 3.63) is 0 Å². The largest absolute Gasteiger partial charge is 0.479 e. The highest BCUT2D eigenvalue weighted by atomic mass is 16.5. The minimum Gasteiger partial charge on any atom is -0.479 e. The maximum atomic E-state index is 11.7. The van der Waals surface area contributed by atoms with E-state index < -0.39 is 18.1 Å². The van der Waals surface area contributed by atoms with Crippen molar-refractivity contribution >= 4 is 17.8 Å². The zero-order valence-corrected chi connectivity index (χ0v) is 9.85. The molecular weight excluding hydrogens is 240 g/mol. The fraction of sp³-hybridized carbons (Fsp3) is 0.727. The second kappa shape index (κ2) is 5.34. The summed E-state index contributed by atoms with van der Waals surface area (Å²) in [5.74, 6) is -1.31. The quantitative estimate of drug-likeness (QED) is 0.599. The molecule has 3 atom stereocenters. The third-order valence-electron chi connectivity index (χ3n) is 3.20. The van der Waals surface area contributed by atoms with Gasteiger partial charge in [0.25, 0.3) is 0 Å². The van der Waals surface area contributed by atoms with Crippen LogP contribution in [0.15, 0.2) is 0 Å². The fourth-order valence-corrected chi connectivity index (χ4v) is 2.19. The molecule has 3 N–H and O–H groups in total. The minimum absolute atomic E-state index is 0.113. The number of carbonyl (C=O) groups is 3. The molecule has 0 aromatic rings. The molecule has 3 unspecified atom stereocenters. The highest BCUT2D eigenvalue weighted by Gasteiger charge is 2.32. The minimum atomic E-state index is -0.966. The van der Waals surface area contributed by atoms with Gasteiger partial charge in [-0.2, -0.15) is 0 Å². The van der Waals surface area contributed by atoms with Crippen LogP contribution in [0, 0.1) is 0 Å². The predicted molar refractivity (Wildman–Crippen MR) is 59.7 cm³/mol. The van der Waals surface area contributed by atoms with Crippen LogP contribution in [0.3, 0.4) is 0 Å². The van der Waals surface area contributed by atoms with Gasteiger partial charge in [-0.1, -0.05) is 0 Å². The summed E-state index contributed by atoms with van der Waals surface area (Å²) < 4.78 is 5.26. The normalized spacial score (nSPS) is 31.1. The maximum Gasteiger partial charge on any atom is 0.332 e. The highest BCUT2D eigenvalue weighted by Crippen LogP contribution is 2.19. The van der Waals surface area contributed by atoms with Gasteiger partial charge in [-0.05, 0) is 19.3 Å². The third kappa shape index (κ3) is 2.98. The molecule has 2 saturated heterocycles. The van der Waals surface area contributed by atoms with E-state index in [9.17, 15) is 14.4 Å². The van der Waals surface area contributed by atoms with Crippen LogP contribution in [0.5, 0.6) is 0 Å². The van der Waals surface area contributed by atoms with E-state index in [2.05, 4.69) is 10.6 Å². The van der Waals surface area contributed by atoms with Crippen LogP contribution in [0.1, 0.15) is 25.7 Å². The van der Waals surface area contributed by atoms with Crippen molar-refractivity contribution in [3.63, 3.8) is 0 Å². The average molecular weight is 256 g/mol. The smallest absolute Gasteiger partial charge is 0.332 e. The zero-order valence-electron chi connectivity index (χ0n) is 9.85. The first-order valence-corrected chi connectivity index (χ1v) is 6.01. The van der Waals surface area contributed by atoms with Crippen LogP contribution in [0.4, 0.5) is 0 Å². The molecule has 0 saturated carbocycles. The number of amides is 2. The van der Waals surface area contributed by atoms with E-state index in [1.165, 1.54) is 0 Å². The Morgan fingerprint density at radius 2 is 2.17 bits per heavy atom. The van der Waals surface area contributed by atoms with E-state index in [0.29, 0.717) is 25.7 Å². The number of carboxylic acids is 1. The molecule has 2 rings (SSSR count). The number of hydrogen-bond acceptors (Lipinski definition) is 4. The Bertz CT molecular complexity index is 370. The van der Waals surface area contributed by atoms with Gasteiger partial charge in [-0.3, -0.25) is 9.59 Å². The Balaban J connectivity index is 1.71. The first kappa shape index (κ1) is 12.8. The van der Waals surface area contributed by atoms with Gasteiger partial charge in [-0.15, -0.1) is 0 Å². The summed E-state index contributed by atoms with van der Waals surface area (Å²) in [7, 11) is 0. The average Bonchev–Trinajstić information content (AvgIpc) is 2.94. The van der Waals surface area contributed by atoms with Crippen molar-refractivity contribution < 1.29 is 24.2 Å². The van der Waals surface area contributed by atoms with Gasteiger partial charge in [0.15, 0.2) is 6.10 Å². The second-order valence-electron chi connectivity index (χ2n) is 4.57. The first-order valence-electron chi connectivity index (χ1n) is 6.01. The van der Waals surface area contributed by atoms with Gasteiger partial charge < -0.3 is 20.5 Å². The van der Waals surface area contributed by atoms with Crippen molar-refractivity contribution in [2.24, 2.45) is 0 Å². The van der Waals surface area contributed by atoms with E-state index >= 15 is 0 Å². The van der Waals surface area contributed by atoms with E-state index in [4.69, 9.17) is 9.84 Å². The van der Waals surface area contributed by atoms with Crippen molar-refractivity contribution in [3.8, 4) is 0 Å². The lowest BCUT2D eigenvalue weighted by Gasteiger charge is -2.14. The van der Waals surface area contributed by atoms with Gasteiger partial charge >= 0.3 is 5.97 Å². The van der Waals surface area contributed by atoms with E-state index in [1.807, 2.05) is 0 Å². The molecule has 2 aliphatic heterocycles. The standard InChI is InChI=1S/C11H16N2O5/c14-9-4-2-7(13-9)10(15)12-5-6-1-3-8(18-6)11(16)17/h6-8H,1-5H2,(H,12,15)(H,13,14)(H,16,17). The van der Waals surface area contributed by atoms with Crippen LogP contribution in [-0.4, -0.2) is 47.7 Å². The number of carboxylic acid groups (broad SMARTS) is 1. The Hall–Kier alpha value is -1.63. The molecule has 0 radical (unpaired) electrons. The molecule has 0 aromatic carbocycles. The van der Waals surface area contributed by atoms with Crippen molar-refractivity contribution in [1.29, 1.82) is 0 Å². The van der Waals surface area contributed by atoms with E-state index in [1.54, 1.807) is 0 Å². The monoisotopic (exact) mass is 256 g/mol. The molecule has 0 aromatic heterocycles. The topological polar surface area (TPSA) is 105 Å². The zero-order chi connectivity index (χ0) is 13.1. The lowest BCUT2D eigenvalue weighted by atomic mass is 10.2. The first-order chi connectivity index (χ1) is 8.56. The number of nitrogens with one attached hydrogen (secondary N) is 2. The Morgan fingerprint density at radius 1 is 1.39 bits per heavy atom. The number of ether oxygens (including phenoxy) is 1. The summed E-state index contributed by atoms with van der Waals surface area (Å²) in [5.41, 5.74) is 0. The van der Waals surface area contributed by atoms with Gasteiger partial charge in [0.05, 0.1) is 6.10 Å². The van der Waals surface area contributed by atoms with Gasteiger partial charge in [0.1, 0.15) is 6.04 Å². The van der Waals surface area contributed by atoms with Crippen molar-refractivity contribution in [2.45, 2.75) is 43.9 Å². The second-order valence-corrected chi connectivity index (χ2v) is 4.57. The SMILES string of the molecule is O=C1CCC(C(=O)NCC2CCC(C(=O)O)O2)N1. The molecule has 2 fully saturated rings. The van der Waals surface area contributed by atoms with Gasteiger partial charge in [0.2, 0.25) is 11.8 Å². The molecule has 0 bridgehead atoms. The summed E-state index contributed by atoms with van der Waals surface area (Å²) in [6.07, 6.45) is 0.947. The van der Waals surface area contributed by atoms with Crippen molar-refractivity contribution in [2.75, 3.05) is 6.54 Å². The number of rotatable bonds is 4. The van der Waals surface area contributed by atoms with Crippen LogP contribution in [-0.2, 0) is 19.1 Å². The Kier molecular flexibility index (Phi) is 3.81. The summed E-state index contributed by atoms with van der Waals surface area (Å²) in [6.45, 7) is 0.287. The summed E-state index contributed by atoms with van der Waals surface area (Å²) in [6, 6.07) is -0.464. The molecule has 2 aliphatic rings. The molecule has 0 spiro atoms. The molecular formula is C11H16N2O5. The van der Waals surface area contributed by atoms with Gasteiger partial charge in [-0.25, -0.2) is 4.79 Å². The fourth-order valence-electron chi connectivity index (χ4n) is 2.19. The van der Waals surface area contributed by atoms with Crippen molar-refractivity contribution in [1.82, 2.24) is 10.6 Å². The van der Waals surface area contributed by atoms with Gasteiger partial charge in [0, 0.05) is 13.0 Å². The maximum absolute atomic E-state index is 11.7. The number of aliphatic carboxylic acids is 1. The summed E-state index contributed by atoms with van der Waals surface area (Å²) >= 11 is 0. The summed E-state index contributed by atoms with van der Waals surface area (Å²) in [5, 5.41) is 14.0. The van der Waals surface area contributed by atoms with Crippen LogP contribution in [0.2, 0.25) is 0 Å². The predicted octanol–water partition coefficient (Wildman–Crippen LogP) is -0.987. The number of hydrogen-bond donors (Lipinski definition) is 3. The molecule has 2 heterocycles. The molecule has 18 heavy (non-hydrogen) atoms. The molecule has 7 nitrogen and oxygen atoms in total. The van der Waals surface area contributed by atoms with E-state index in [0.717, 1.165) is 0 Å². The van der Waals surface area contributed by atoms with Crippen LogP contribution >= 0.6 is 0 Å². The molecule has 2 amide bonds. The highest BCUT2D eigenvalue weighted by molar-refractivity contribution is 5.90. The Labute approximate surface area is 104 Å². The van der Waals surface area contributed by atoms with E-state index in [-0.39, 0.29) is 24.5 Å². The van der Waals surface area contributed by atoms with Crippen LogP contribution in [0.25, 0.3) is 0 Å². The molecule has 0 aliphatic carbocycles. The van der Waals surface area contributed by atoms with Crippen LogP contribution < -0.4 is 10.6 Å². The molecule has 100 valence electrons. The number of carbonyl (C=O) groups excluding carboxylic acids is 2. The molecule has 7 heteroatoms. The summed E-state index contributed by atoms with van der Waals surface area (Å²) in [4.78, 5) is 33.3. The Morgan fingerprint density at radius 3 is 2.72 bits per heavy atom. The third-order valence-corrected chi connectivity index (χ3v) is 3.20.